The van der Waals surface area contributed by atoms with Gasteiger partial charge in [-0.1, -0.05) is 55.5 Å². The molecule has 0 bridgehead atoms. The van der Waals surface area contributed by atoms with E-state index in [1.807, 2.05) is 53.6 Å². The zero-order chi connectivity index (χ0) is 27.6. The molecular formula is C31H32F3N3O2. The first-order valence-corrected chi connectivity index (χ1v) is 13.2. The minimum atomic E-state index is -4.46. The van der Waals surface area contributed by atoms with Gasteiger partial charge in [-0.25, -0.2) is 0 Å². The summed E-state index contributed by atoms with van der Waals surface area (Å²) >= 11 is 0. The predicted octanol–water partition coefficient (Wildman–Crippen LogP) is 6.63. The topological polar surface area (TPSA) is 48.6 Å². The highest BCUT2D eigenvalue weighted by molar-refractivity contribution is 5.88. The number of nitrogens with zero attached hydrogens (tertiary/aromatic N) is 2. The van der Waals surface area contributed by atoms with Crippen LogP contribution in [0.3, 0.4) is 0 Å². The average molecular weight is 536 g/mol. The number of alkyl halides is 3. The monoisotopic (exact) mass is 535 g/mol. The molecule has 0 spiro atoms. The molecule has 8 heteroatoms. The molecule has 1 aliphatic rings. The van der Waals surface area contributed by atoms with Gasteiger partial charge >= 0.3 is 6.18 Å². The first kappa shape index (κ1) is 26.7. The number of hydrogen-bond acceptors (Lipinski definition) is 3. The van der Waals surface area contributed by atoms with Gasteiger partial charge in [0.25, 0.3) is 0 Å². The van der Waals surface area contributed by atoms with Gasteiger partial charge in [0.2, 0.25) is 5.91 Å². The van der Waals surface area contributed by atoms with Crippen LogP contribution in [0.25, 0.3) is 10.9 Å². The molecule has 1 fully saturated rings. The Labute approximate surface area is 226 Å². The van der Waals surface area contributed by atoms with Crippen molar-refractivity contribution in [2.75, 3.05) is 38.2 Å². The van der Waals surface area contributed by atoms with E-state index in [-0.39, 0.29) is 12.3 Å². The summed E-state index contributed by atoms with van der Waals surface area (Å²) in [5.41, 5.74) is 3.68. The number of hydrogen-bond donors (Lipinski definition) is 1. The summed E-state index contributed by atoms with van der Waals surface area (Å²) in [4.78, 5) is 21.0. The number of halogens is 3. The fourth-order valence-electron chi connectivity index (χ4n) is 5.55. The van der Waals surface area contributed by atoms with Crippen molar-refractivity contribution in [3.05, 3.63) is 95.2 Å². The Balaban J connectivity index is 1.42. The molecule has 3 aromatic carbocycles. The van der Waals surface area contributed by atoms with Gasteiger partial charge in [-0.3, -0.25) is 4.79 Å². The zero-order valence-electron chi connectivity index (χ0n) is 22.1. The van der Waals surface area contributed by atoms with Crippen LogP contribution in [-0.2, 0) is 17.4 Å². The van der Waals surface area contributed by atoms with Crippen molar-refractivity contribution >= 4 is 22.5 Å². The van der Waals surface area contributed by atoms with E-state index < -0.39 is 17.7 Å². The third-order valence-electron chi connectivity index (χ3n) is 7.64. The Bertz CT molecular complexity index is 1450. The maximum atomic E-state index is 13.6. The van der Waals surface area contributed by atoms with E-state index in [0.717, 1.165) is 46.0 Å². The van der Waals surface area contributed by atoms with Crippen molar-refractivity contribution in [3.63, 3.8) is 0 Å². The van der Waals surface area contributed by atoms with E-state index in [9.17, 15) is 18.0 Å². The van der Waals surface area contributed by atoms with E-state index in [2.05, 4.69) is 16.8 Å². The molecule has 1 aromatic heterocycles. The van der Waals surface area contributed by atoms with Gasteiger partial charge in [0.15, 0.2) is 0 Å². The molecule has 0 unspecified atom stereocenters. The lowest BCUT2D eigenvalue weighted by Crippen LogP contribution is -2.49. The Morgan fingerprint density at radius 2 is 1.74 bits per heavy atom. The van der Waals surface area contributed by atoms with Crippen molar-refractivity contribution in [2.45, 2.75) is 31.9 Å². The average Bonchev–Trinajstić information content (AvgIpc) is 3.39. The number of benzene rings is 3. The molecule has 5 nitrogen and oxygen atoms in total. The summed E-state index contributed by atoms with van der Waals surface area (Å²) in [6, 6.07) is 19.1. The molecule has 1 atom stereocenters. The fourth-order valence-corrected chi connectivity index (χ4v) is 5.55. The molecule has 1 aliphatic heterocycles. The lowest BCUT2D eigenvalue weighted by atomic mass is 9.86. The van der Waals surface area contributed by atoms with Gasteiger partial charge in [0.1, 0.15) is 5.75 Å². The second-order valence-electron chi connectivity index (χ2n) is 9.86. The molecule has 39 heavy (non-hydrogen) atoms. The van der Waals surface area contributed by atoms with E-state index in [1.165, 1.54) is 12.1 Å². The van der Waals surface area contributed by atoms with Crippen molar-refractivity contribution < 1.29 is 22.7 Å². The van der Waals surface area contributed by atoms with Crippen LogP contribution >= 0.6 is 0 Å². The minimum Gasteiger partial charge on any atom is -0.495 e. The number of nitrogens with one attached hydrogen (secondary N) is 1. The van der Waals surface area contributed by atoms with Crippen molar-refractivity contribution in [1.82, 2.24) is 9.88 Å². The van der Waals surface area contributed by atoms with E-state index in [0.29, 0.717) is 31.7 Å². The van der Waals surface area contributed by atoms with Crippen LogP contribution in [0.1, 0.15) is 41.5 Å². The maximum Gasteiger partial charge on any atom is 0.416 e. The van der Waals surface area contributed by atoms with Crippen LogP contribution in [0.4, 0.5) is 18.9 Å². The van der Waals surface area contributed by atoms with Crippen molar-refractivity contribution in [1.29, 1.82) is 0 Å². The number of piperazine rings is 1. The SMILES string of the molecule is CCc1cccc2c([C@H](CC(=O)N3CCN(c4ccccc4OC)CC3)c3cccc(C(F)(F)F)c3)c[nH]c12. The zero-order valence-corrected chi connectivity index (χ0v) is 22.1. The summed E-state index contributed by atoms with van der Waals surface area (Å²) in [6.07, 6.45) is -1.71. The number of carbonyl (C=O) groups is 1. The van der Waals surface area contributed by atoms with E-state index >= 15 is 0 Å². The normalized spacial score (nSPS) is 15.0. The second kappa shape index (κ2) is 11.0. The third-order valence-corrected chi connectivity index (χ3v) is 7.64. The van der Waals surface area contributed by atoms with Crippen LogP contribution in [0.2, 0.25) is 0 Å². The number of para-hydroxylation sites is 3. The molecule has 4 aromatic rings. The lowest BCUT2D eigenvalue weighted by molar-refractivity contribution is -0.137. The van der Waals surface area contributed by atoms with E-state index in [4.69, 9.17) is 4.74 Å². The highest BCUT2D eigenvalue weighted by Crippen LogP contribution is 2.38. The number of ether oxygens (including phenoxy) is 1. The van der Waals surface area contributed by atoms with Crippen LogP contribution < -0.4 is 9.64 Å². The predicted molar refractivity (Wildman–Crippen MR) is 147 cm³/mol. The number of aromatic amines is 1. The standard InChI is InChI=1S/C31H32F3N3O2/c1-3-21-8-7-11-24-26(20-35-30(21)24)25(22-9-6-10-23(18-22)31(32,33)34)19-29(38)37-16-14-36(15-17-37)27-12-4-5-13-28(27)39-2/h4-13,18,20,25,35H,3,14-17,19H2,1-2H3/t25-/m1/s1. The molecular weight excluding hydrogens is 503 g/mol. The van der Waals surface area contributed by atoms with Crippen LogP contribution in [0.15, 0.2) is 72.9 Å². The number of anilines is 1. The van der Waals surface area contributed by atoms with Gasteiger partial charge < -0.3 is 19.5 Å². The summed E-state index contributed by atoms with van der Waals surface area (Å²) < 4.78 is 46.3. The Morgan fingerprint density at radius 3 is 2.46 bits per heavy atom. The molecule has 2 heterocycles. The number of methoxy groups -OCH3 is 1. The Kier molecular flexibility index (Phi) is 7.55. The number of fused-ring (bicyclic) bond motifs is 1. The number of H-pyrrole nitrogens is 1. The molecule has 5 rings (SSSR count). The fraction of sp³-hybridized carbons (Fsp3) is 0.323. The van der Waals surface area contributed by atoms with Crippen LogP contribution in [0.5, 0.6) is 5.75 Å². The number of aryl methyl sites for hydroxylation is 1. The number of amides is 1. The van der Waals surface area contributed by atoms with Crippen LogP contribution in [-0.4, -0.2) is 49.1 Å². The van der Waals surface area contributed by atoms with Crippen molar-refractivity contribution in [2.24, 2.45) is 0 Å². The lowest BCUT2D eigenvalue weighted by Gasteiger charge is -2.37. The highest BCUT2D eigenvalue weighted by atomic mass is 19.4. The second-order valence-corrected chi connectivity index (χ2v) is 9.86. The quantitative estimate of drug-likeness (QED) is 0.289. The van der Waals surface area contributed by atoms with Crippen molar-refractivity contribution in [3.8, 4) is 5.75 Å². The summed E-state index contributed by atoms with van der Waals surface area (Å²) in [5.74, 6) is 0.193. The highest BCUT2D eigenvalue weighted by Gasteiger charge is 2.33. The largest absolute Gasteiger partial charge is 0.495 e. The number of rotatable bonds is 7. The summed E-state index contributed by atoms with van der Waals surface area (Å²) in [5, 5.41) is 0.936. The maximum absolute atomic E-state index is 13.6. The number of aromatic nitrogens is 1. The Hall–Kier alpha value is -3.94. The van der Waals surface area contributed by atoms with Crippen LogP contribution in [0, 0.1) is 0 Å². The first-order chi connectivity index (χ1) is 18.8. The smallest absolute Gasteiger partial charge is 0.416 e. The van der Waals surface area contributed by atoms with E-state index in [1.54, 1.807) is 13.2 Å². The molecule has 1 N–H and O–H groups in total. The number of carbonyl (C=O) groups excluding carboxylic acids is 1. The van der Waals surface area contributed by atoms with Gasteiger partial charge in [-0.15, -0.1) is 0 Å². The molecule has 204 valence electrons. The van der Waals surface area contributed by atoms with Gasteiger partial charge in [-0.05, 0) is 41.3 Å². The molecule has 1 amide bonds. The molecule has 0 aliphatic carbocycles. The van der Waals surface area contributed by atoms with Gasteiger partial charge in [-0.2, -0.15) is 13.2 Å². The first-order valence-electron chi connectivity index (χ1n) is 13.2. The third kappa shape index (κ3) is 5.46. The molecule has 0 saturated carbocycles. The Morgan fingerprint density at radius 1 is 1.00 bits per heavy atom. The summed E-state index contributed by atoms with van der Waals surface area (Å²) in [6.45, 7) is 4.41. The summed E-state index contributed by atoms with van der Waals surface area (Å²) in [7, 11) is 1.64. The minimum absolute atomic E-state index is 0.0712. The molecule has 0 radical (unpaired) electrons. The molecule has 1 saturated heterocycles. The van der Waals surface area contributed by atoms with Gasteiger partial charge in [0, 0.05) is 55.6 Å². The van der Waals surface area contributed by atoms with Gasteiger partial charge in [0.05, 0.1) is 18.4 Å².